The summed E-state index contributed by atoms with van der Waals surface area (Å²) in [4.78, 5) is 28.6. The average Bonchev–Trinajstić information content (AvgIpc) is 2.33. The van der Waals surface area contributed by atoms with E-state index in [9.17, 15) is 9.59 Å². The van der Waals surface area contributed by atoms with E-state index in [0.29, 0.717) is 5.82 Å². The van der Waals surface area contributed by atoms with Crippen molar-refractivity contribution in [3.05, 3.63) is 57.0 Å². The first-order valence-electron chi connectivity index (χ1n) is 4.91. The van der Waals surface area contributed by atoms with Crippen LogP contribution in [0.4, 0.5) is 5.82 Å². The molecular weight excluding hydrogens is 222 g/mol. The van der Waals surface area contributed by atoms with Crippen molar-refractivity contribution in [2.45, 2.75) is 6.54 Å². The van der Waals surface area contributed by atoms with Crippen LogP contribution in [0.15, 0.2) is 40.2 Å². The molecule has 0 aliphatic heterocycles. The Morgan fingerprint density at radius 1 is 1.41 bits per heavy atom. The van der Waals surface area contributed by atoms with E-state index < -0.39 is 11.2 Å². The quantitative estimate of drug-likeness (QED) is 0.478. The van der Waals surface area contributed by atoms with Crippen LogP contribution in [-0.4, -0.2) is 14.5 Å². The molecule has 0 aromatic carbocycles. The maximum atomic E-state index is 11.5. The molecule has 17 heavy (non-hydrogen) atoms. The monoisotopic (exact) mass is 233 g/mol. The molecule has 2 aromatic rings. The summed E-state index contributed by atoms with van der Waals surface area (Å²) in [5.74, 6) is 5.80. The summed E-state index contributed by atoms with van der Waals surface area (Å²) < 4.78 is 1.36. The summed E-state index contributed by atoms with van der Waals surface area (Å²) in [6.45, 7) is 0.281. The van der Waals surface area contributed by atoms with Gasteiger partial charge in [0.25, 0.3) is 5.56 Å². The fourth-order valence-electron chi connectivity index (χ4n) is 1.45. The summed E-state index contributed by atoms with van der Waals surface area (Å²) in [6, 6.07) is 4.82. The van der Waals surface area contributed by atoms with E-state index >= 15 is 0 Å². The Balaban J connectivity index is 2.38. The Kier molecular flexibility index (Phi) is 3.01. The van der Waals surface area contributed by atoms with Gasteiger partial charge in [-0.1, -0.05) is 6.07 Å². The number of rotatable bonds is 3. The van der Waals surface area contributed by atoms with Crippen LogP contribution >= 0.6 is 0 Å². The second-order valence-corrected chi connectivity index (χ2v) is 3.39. The van der Waals surface area contributed by atoms with Gasteiger partial charge in [0.1, 0.15) is 5.82 Å². The Hall–Kier alpha value is -2.41. The molecule has 0 saturated heterocycles. The second kappa shape index (κ2) is 4.62. The normalized spacial score (nSPS) is 10.2. The smallest absolute Gasteiger partial charge is 0.308 e. The molecule has 4 N–H and O–H groups in total. The predicted molar refractivity (Wildman–Crippen MR) is 62.5 cm³/mol. The molecule has 0 aliphatic carbocycles. The second-order valence-electron chi connectivity index (χ2n) is 3.39. The van der Waals surface area contributed by atoms with E-state index in [-0.39, 0.29) is 6.54 Å². The third-order valence-electron chi connectivity index (χ3n) is 2.27. The predicted octanol–water partition coefficient (Wildman–Crippen LogP) is -0.735. The molecule has 0 saturated carbocycles. The Morgan fingerprint density at radius 2 is 2.24 bits per heavy atom. The molecule has 0 atom stereocenters. The van der Waals surface area contributed by atoms with Crippen LogP contribution < -0.4 is 22.5 Å². The van der Waals surface area contributed by atoms with Crippen molar-refractivity contribution in [3.63, 3.8) is 0 Å². The summed E-state index contributed by atoms with van der Waals surface area (Å²) in [6.07, 6.45) is 3.02. The fourth-order valence-corrected chi connectivity index (χ4v) is 1.45. The van der Waals surface area contributed by atoms with Crippen molar-refractivity contribution < 1.29 is 0 Å². The molecular formula is C10H11N5O2. The van der Waals surface area contributed by atoms with Crippen LogP contribution in [0.25, 0.3) is 0 Å². The Labute approximate surface area is 95.9 Å². The highest BCUT2D eigenvalue weighted by Crippen LogP contribution is 2.10. The Bertz CT molecular complexity index is 631. The molecule has 7 nitrogen and oxygen atoms in total. The van der Waals surface area contributed by atoms with E-state index in [0.717, 1.165) is 5.56 Å². The maximum Gasteiger partial charge on any atom is 0.328 e. The number of hydrazine groups is 1. The first-order chi connectivity index (χ1) is 8.20. The minimum absolute atomic E-state index is 0.281. The van der Waals surface area contributed by atoms with Gasteiger partial charge < -0.3 is 5.43 Å². The largest absolute Gasteiger partial charge is 0.328 e. The molecule has 0 bridgehead atoms. The number of nitrogens with two attached hydrogens (primary N) is 1. The summed E-state index contributed by atoms with van der Waals surface area (Å²) >= 11 is 0. The van der Waals surface area contributed by atoms with Crippen LogP contribution in [0, 0.1) is 0 Å². The average molecular weight is 233 g/mol. The molecule has 2 rings (SSSR count). The van der Waals surface area contributed by atoms with E-state index in [1.807, 2.05) is 0 Å². The van der Waals surface area contributed by atoms with Crippen LogP contribution in [0.5, 0.6) is 0 Å². The molecule has 0 unspecified atom stereocenters. The molecule has 0 spiro atoms. The van der Waals surface area contributed by atoms with Gasteiger partial charge in [0.15, 0.2) is 0 Å². The molecule has 2 heterocycles. The highest BCUT2D eigenvalue weighted by molar-refractivity contribution is 5.42. The third kappa shape index (κ3) is 2.40. The van der Waals surface area contributed by atoms with Crippen molar-refractivity contribution in [2.24, 2.45) is 5.84 Å². The van der Waals surface area contributed by atoms with Gasteiger partial charge in [-0.25, -0.2) is 15.6 Å². The minimum Gasteiger partial charge on any atom is -0.308 e. The van der Waals surface area contributed by atoms with Gasteiger partial charge in [0.2, 0.25) is 0 Å². The minimum atomic E-state index is -0.468. The molecule has 0 amide bonds. The van der Waals surface area contributed by atoms with Gasteiger partial charge in [0, 0.05) is 24.0 Å². The lowest BCUT2D eigenvalue weighted by Gasteiger charge is -2.08. The number of pyridine rings is 1. The van der Waals surface area contributed by atoms with Gasteiger partial charge in [0.05, 0.1) is 6.54 Å². The van der Waals surface area contributed by atoms with Crippen molar-refractivity contribution in [2.75, 3.05) is 5.43 Å². The zero-order valence-electron chi connectivity index (χ0n) is 8.88. The molecule has 2 aromatic heterocycles. The van der Waals surface area contributed by atoms with E-state index in [2.05, 4.69) is 15.4 Å². The zero-order valence-corrected chi connectivity index (χ0v) is 8.88. The number of aromatic nitrogens is 3. The van der Waals surface area contributed by atoms with Gasteiger partial charge in [-0.2, -0.15) is 0 Å². The SMILES string of the molecule is NNc1ncccc1Cn1ccc(=O)[nH]c1=O. The van der Waals surface area contributed by atoms with Crippen LogP contribution in [0.1, 0.15) is 5.56 Å². The standard InChI is InChI=1S/C10H11N5O2/c11-14-9-7(2-1-4-12-9)6-15-5-3-8(16)13-10(15)17/h1-5H,6,11H2,(H,12,14)(H,13,16,17). The summed E-state index contributed by atoms with van der Waals surface area (Å²) in [5, 5.41) is 0. The number of nitrogens with zero attached hydrogens (tertiary/aromatic N) is 2. The number of aromatic amines is 1. The van der Waals surface area contributed by atoms with Crippen molar-refractivity contribution in [1.29, 1.82) is 0 Å². The summed E-state index contributed by atoms with van der Waals surface area (Å²) in [7, 11) is 0. The number of H-pyrrole nitrogens is 1. The first-order valence-corrected chi connectivity index (χ1v) is 4.91. The third-order valence-corrected chi connectivity index (χ3v) is 2.27. The highest BCUT2D eigenvalue weighted by atomic mass is 16.2. The first kappa shape index (κ1) is 11.1. The molecule has 0 radical (unpaired) electrons. The lowest BCUT2D eigenvalue weighted by atomic mass is 10.2. The van der Waals surface area contributed by atoms with E-state index in [4.69, 9.17) is 5.84 Å². The van der Waals surface area contributed by atoms with Crippen molar-refractivity contribution in [3.8, 4) is 0 Å². The van der Waals surface area contributed by atoms with Crippen molar-refractivity contribution >= 4 is 5.82 Å². The van der Waals surface area contributed by atoms with Crippen LogP contribution in [0.2, 0.25) is 0 Å². The van der Waals surface area contributed by atoms with Crippen LogP contribution in [-0.2, 0) is 6.54 Å². The Morgan fingerprint density at radius 3 is 2.94 bits per heavy atom. The molecule has 88 valence electrons. The molecule has 0 aliphatic rings. The van der Waals surface area contributed by atoms with E-state index in [1.165, 1.54) is 16.8 Å². The van der Waals surface area contributed by atoms with Gasteiger partial charge in [-0.05, 0) is 6.07 Å². The fraction of sp³-hybridized carbons (Fsp3) is 0.100. The molecule has 7 heteroatoms. The lowest BCUT2D eigenvalue weighted by molar-refractivity contribution is 0.719. The van der Waals surface area contributed by atoms with Gasteiger partial charge in [-0.15, -0.1) is 0 Å². The number of anilines is 1. The lowest BCUT2D eigenvalue weighted by Crippen LogP contribution is -2.29. The van der Waals surface area contributed by atoms with Gasteiger partial charge >= 0.3 is 5.69 Å². The number of hydrogen-bond acceptors (Lipinski definition) is 5. The number of nitrogens with one attached hydrogen (secondary N) is 2. The zero-order chi connectivity index (χ0) is 12.3. The highest BCUT2D eigenvalue weighted by Gasteiger charge is 2.03. The maximum absolute atomic E-state index is 11.5. The molecule has 0 fully saturated rings. The topological polar surface area (TPSA) is 106 Å². The summed E-state index contributed by atoms with van der Waals surface area (Å²) in [5.41, 5.74) is 2.31. The van der Waals surface area contributed by atoms with E-state index in [1.54, 1.807) is 18.3 Å². The van der Waals surface area contributed by atoms with Crippen LogP contribution in [0.3, 0.4) is 0 Å². The number of nitrogen functional groups attached to an aromatic ring is 1. The van der Waals surface area contributed by atoms with Crippen molar-refractivity contribution in [1.82, 2.24) is 14.5 Å². The number of hydrogen-bond donors (Lipinski definition) is 3. The van der Waals surface area contributed by atoms with Gasteiger partial charge in [-0.3, -0.25) is 14.3 Å².